The van der Waals surface area contributed by atoms with Gasteiger partial charge in [-0.2, -0.15) is 0 Å². The molecule has 4 aliphatic carbocycles. The molecule has 0 aromatic heterocycles. The number of amides is 3. The molecule has 31 heavy (non-hydrogen) atoms. The van der Waals surface area contributed by atoms with Gasteiger partial charge in [0.15, 0.2) is 0 Å². The number of nitrogens with zero attached hydrogens (tertiary/aromatic N) is 1. The summed E-state index contributed by atoms with van der Waals surface area (Å²) in [5, 5.41) is 2.90. The molecule has 2 saturated carbocycles. The number of allylic oxidation sites excluding steroid dienone is 2. The quantitative estimate of drug-likeness (QED) is 0.375. The van der Waals surface area contributed by atoms with Crippen molar-refractivity contribution in [2.24, 2.45) is 35.5 Å². The number of hydrogen-bond acceptors (Lipinski definition) is 4. The molecular weight excluding hydrogens is 392 g/mol. The summed E-state index contributed by atoms with van der Waals surface area (Å²) in [6.45, 7) is 3.03. The lowest BCUT2D eigenvalue weighted by Gasteiger charge is -2.37. The van der Waals surface area contributed by atoms with E-state index in [1.807, 2.05) is 31.2 Å². The van der Waals surface area contributed by atoms with Crippen LogP contribution in [0.15, 0.2) is 36.4 Å². The average molecular weight is 423 g/mol. The summed E-state index contributed by atoms with van der Waals surface area (Å²) in [7, 11) is 0. The van der Waals surface area contributed by atoms with Crippen molar-refractivity contribution in [2.75, 3.05) is 18.5 Å². The molecule has 1 aromatic carbocycles. The second-order valence-corrected chi connectivity index (χ2v) is 9.30. The molecule has 1 aromatic rings. The van der Waals surface area contributed by atoms with E-state index in [0.29, 0.717) is 31.4 Å². The predicted octanol–water partition coefficient (Wildman–Crippen LogP) is 3.64. The van der Waals surface area contributed by atoms with Gasteiger partial charge in [0.1, 0.15) is 5.75 Å². The van der Waals surface area contributed by atoms with Crippen molar-refractivity contribution in [3.63, 3.8) is 0 Å². The topological polar surface area (TPSA) is 75.7 Å². The Bertz CT molecular complexity index is 873. The summed E-state index contributed by atoms with van der Waals surface area (Å²) in [5.41, 5.74) is 0.755. The largest absolute Gasteiger partial charge is 0.494 e. The standard InChI is InChI=1S/C25H30N2O4/c1-2-31-16-9-7-15(8-10-16)26-21(28)6-4-3-5-13-27-24(29)22-17-11-12-18(20-14-19(17)20)23(22)25(27)30/h7-12,17-20,22-23H,2-6,13-14H2,1H3,(H,26,28). The van der Waals surface area contributed by atoms with Gasteiger partial charge in [-0.05, 0) is 74.1 Å². The van der Waals surface area contributed by atoms with Crippen LogP contribution >= 0.6 is 0 Å². The van der Waals surface area contributed by atoms with Crippen LogP contribution in [0.25, 0.3) is 0 Å². The normalized spacial score (nSPS) is 32.1. The fourth-order valence-electron chi connectivity index (χ4n) is 6.00. The lowest BCUT2D eigenvalue weighted by molar-refractivity contribution is -0.140. The molecule has 3 fully saturated rings. The maximum atomic E-state index is 12.9. The van der Waals surface area contributed by atoms with Crippen molar-refractivity contribution in [3.8, 4) is 5.75 Å². The van der Waals surface area contributed by atoms with E-state index < -0.39 is 0 Å². The first-order valence-electron chi connectivity index (χ1n) is 11.6. The molecule has 6 heteroatoms. The summed E-state index contributed by atoms with van der Waals surface area (Å²) in [4.78, 5) is 39.6. The van der Waals surface area contributed by atoms with E-state index in [4.69, 9.17) is 4.74 Å². The Labute approximate surface area is 183 Å². The van der Waals surface area contributed by atoms with E-state index in [0.717, 1.165) is 30.7 Å². The number of rotatable bonds is 9. The highest BCUT2D eigenvalue weighted by molar-refractivity contribution is 6.06. The summed E-state index contributed by atoms with van der Waals surface area (Å²) in [5.74, 6) is 2.50. The van der Waals surface area contributed by atoms with Crippen molar-refractivity contribution in [3.05, 3.63) is 36.4 Å². The smallest absolute Gasteiger partial charge is 0.233 e. The molecular formula is C25H30N2O4. The van der Waals surface area contributed by atoms with Crippen molar-refractivity contribution in [1.82, 2.24) is 4.90 Å². The highest BCUT2D eigenvalue weighted by Gasteiger charge is 2.66. The zero-order valence-corrected chi connectivity index (χ0v) is 18.0. The molecule has 0 radical (unpaired) electrons. The monoisotopic (exact) mass is 422 g/mol. The predicted molar refractivity (Wildman–Crippen MR) is 116 cm³/mol. The van der Waals surface area contributed by atoms with Crippen LogP contribution in [0.2, 0.25) is 0 Å². The molecule has 6 nitrogen and oxygen atoms in total. The minimum atomic E-state index is -0.105. The highest BCUT2D eigenvalue weighted by atomic mass is 16.5. The van der Waals surface area contributed by atoms with Gasteiger partial charge < -0.3 is 10.1 Å². The fraction of sp³-hybridized carbons (Fsp3) is 0.560. The number of carbonyl (C=O) groups is 3. The van der Waals surface area contributed by atoms with Crippen LogP contribution in [-0.2, 0) is 14.4 Å². The lowest BCUT2D eigenvalue weighted by Crippen LogP contribution is -2.40. The summed E-state index contributed by atoms with van der Waals surface area (Å²) < 4.78 is 5.40. The molecule has 1 heterocycles. The third-order valence-electron chi connectivity index (χ3n) is 7.49. The van der Waals surface area contributed by atoms with Crippen LogP contribution < -0.4 is 10.1 Å². The first-order valence-corrected chi connectivity index (χ1v) is 11.6. The second-order valence-electron chi connectivity index (χ2n) is 9.30. The third kappa shape index (κ3) is 3.66. The molecule has 1 N–H and O–H groups in total. The SMILES string of the molecule is CCOc1ccc(NC(=O)CCCCCN2C(=O)C3C4C=CC(C5CC45)C3C2=O)cc1. The molecule has 3 amide bonds. The Morgan fingerprint density at radius 1 is 1.00 bits per heavy atom. The maximum Gasteiger partial charge on any atom is 0.233 e. The molecule has 0 spiro atoms. The zero-order valence-electron chi connectivity index (χ0n) is 18.0. The van der Waals surface area contributed by atoms with Gasteiger partial charge in [0.05, 0.1) is 18.4 Å². The van der Waals surface area contributed by atoms with Crippen molar-refractivity contribution < 1.29 is 19.1 Å². The van der Waals surface area contributed by atoms with E-state index in [2.05, 4.69) is 17.5 Å². The first kappa shape index (κ1) is 20.3. The van der Waals surface area contributed by atoms with Gasteiger partial charge in [-0.1, -0.05) is 18.6 Å². The van der Waals surface area contributed by atoms with Crippen LogP contribution in [0, 0.1) is 35.5 Å². The van der Waals surface area contributed by atoms with E-state index >= 15 is 0 Å². The van der Waals surface area contributed by atoms with Gasteiger partial charge in [-0.25, -0.2) is 0 Å². The Hall–Kier alpha value is -2.63. The molecule has 164 valence electrons. The van der Waals surface area contributed by atoms with Crippen LogP contribution in [0.5, 0.6) is 5.75 Å². The molecule has 2 bridgehead atoms. The molecule has 1 aliphatic heterocycles. The van der Waals surface area contributed by atoms with Crippen LogP contribution in [0.3, 0.4) is 0 Å². The zero-order chi connectivity index (χ0) is 21.5. The summed E-state index contributed by atoms with van der Waals surface area (Å²) in [6, 6.07) is 7.34. The van der Waals surface area contributed by atoms with Gasteiger partial charge in [0.25, 0.3) is 0 Å². The Morgan fingerprint density at radius 2 is 1.65 bits per heavy atom. The minimum absolute atomic E-state index is 0.0228. The fourth-order valence-corrected chi connectivity index (χ4v) is 6.00. The second kappa shape index (κ2) is 8.13. The number of nitrogens with one attached hydrogen (secondary N) is 1. The van der Waals surface area contributed by atoms with Crippen LogP contribution in [0.4, 0.5) is 5.69 Å². The molecule has 5 aliphatic rings. The number of imide groups is 1. The number of anilines is 1. The van der Waals surface area contributed by atoms with Crippen molar-refractivity contribution in [1.29, 1.82) is 0 Å². The van der Waals surface area contributed by atoms with Crippen LogP contribution in [0.1, 0.15) is 39.0 Å². The summed E-state index contributed by atoms with van der Waals surface area (Å²) in [6.07, 6.45) is 8.34. The van der Waals surface area contributed by atoms with Gasteiger partial charge in [0.2, 0.25) is 17.7 Å². The summed E-state index contributed by atoms with van der Waals surface area (Å²) >= 11 is 0. The highest BCUT2D eigenvalue weighted by Crippen LogP contribution is 2.65. The van der Waals surface area contributed by atoms with Crippen molar-refractivity contribution in [2.45, 2.75) is 39.0 Å². The van der Waals surface area contributed by atoms with Crippen molar-refractivity contribution >= 4 is 23.4 Å². The van der Waals surface area contributed by atoms with Gasteiger partial charge in [0, 0.05) is 18.7 Å². The average Bonchev–Trinajstić information content (AvgIpc) is 3.55. The maximum absolute atomic E-state index is 12.9. The van der Waals surface area contributed by atoms with Gasteiger partial charge in [-0.15, -0.1) is 0 Å². The minimum Gasteiger partial charge on any atom is -0.494 e. The van der Waals surface area contributed by atoms with Crippen LogP contribution in [-0.4, -0.2) is 35.8 Å². The Morgan fingerprint density at radius 3 is 2.26 bits per heavy atom. The molecule has 1 saturated heterocycles. The lowest BCUT2D eigenvalue weighted by atomic mass is 9.63. The van der Waals surface area contributed by atoms with Gasteiger partial charge >= 0.3 is 0 Å². The number of unbranched alkanes of at least 4 members (excludes halogenated alkanes) is 2. The third-order valence-corrected chi connectivity index (χ3v) is 7.49. The molecule has 6 atom stereocenters. The van der Waals surface area contributed by atoms with E-state index in [-0.39, 0.29) is 41.4 Å². The number of benzene rings is 1. The van der Waals surface area contributed by atoms with E-state index in [1.54, 1.807) is 0 Å². The number of carbonyl (C=O) groups excluding carboxylic acids is 3. The Balaban J connectivity index is 1.04. The molecule has 6 unspecified atom stereocenters. The Kier molecular flexibility index (Phi) is 5.32. The first-order chi connectivity index (χ1) is 15.1. The number of ether oxygens (including phenoxy) is 1. The number of hydrogen-bond donors (Lipinski definition) is 1. The van der Waals surface area contributed by atoms with E-state index in [1.165, 1.54) is 11.3 Å². The molecule has 6 rings (SSSR count). The van der Waals surface area contributed by atoms with Gasteiger partial charge in [-0.3, -0.25) is 19.3 Å². The van der Waals surface area contributed by atoms with E-state index in [9.17, 15) is 14.4 Å². The number of likely N-dealkylation sites (tertiary alicyclic amines) is 1.